The van der Waals surface area contributed by atoms with E-state index in [1.54, 1.807) is 6.07 Å². The Balaban J connectivity index is 1.34. The van der Waals surface area contributed by atoms with Gasteiger partial charge in [0.05, 0.1) is 22.3 Å². The van der Waals surface area contributed by atoms with Crippen LogP contribution in [0.3, 0.4) is 0 Å². The molecule has 0 spiro atoms. The highest BCUT2D eigenvalue weighted by atomic mass is 35.5. The molecule has 6 heteroatoms. The van der Waals surface area contributed by atoms with Crippen molar-refractivity contribution < 1.29 is 5.11 Å². The third kappa shape index (κ3) is 4.17. The van der Waals surface area contributed by atoms with Gasteiger partial charge in [-0.25, -0.2) is 4.98 Å². The Bertz CT molecular complexity index is 1170. The zero-order valence-corrected chi connectivity index (χ0v) is 20.6. The summed E-state index contributed by atoms with van der Waals surface area (Å²) < 4.78 is 0. The van der Waals surface area contributed by atoms with Crippen molar-refractivity contribution in [3.8, 4) is 11.3 Å². The molecule has 1 heterocycles. The highest BCUT2D eigenvalue weighted by molar-refractivity contribution is 6.38. The Morgan fingerprint density at radius 2 is 1.55 bits per heavy atom. The number of benzene rings is 2. The second-order valence-corrected chi connectivity index (χ2v) is 11.8. The van der Waals surface area contributed by atoms with Crippen LogP contribution in [0.25, 0.3) is 22.2 Å². The van der Waals surface area contributed by atoms with E-state index in [2.05, 4.69) is 5.32 Å². The number of aliphatic hydroxyl groups is 1. The molecule has 2 N–H and O–H groups in total. The lowest BCUT2D eigenvalue weighted by atomic mass is 9.53. The van der Waals surface area contributed by atoms with Gasteiger partial charge in [-0.1, -0.05) is 46.9 Å². The topological polar surface area (TPSA) is 45.1 Å². The molecule has 1 aromatic heterocycles. The van der Waals surface area contributed by atoms with E-state index in [-0.39, 0.29) is 5.54 Å². The molecule has 0 saturated heterocycles. The van der Waals surface area contributed by atoms with Crippen LogP contribution in [0.4, 0.5) is 0 Å². The zero-order valence-electron chi connectivity index (χ0n) is 18.3. The quantitative estimate of drug-likeness (QED) is 0.381. The van der Waals surface area contributed by atoms with E-state index in [4.69, 9.17) is 39.8 Å². The summed E-state index contributed by atoms with van der Waals surface area (Å²) in [5, 5.41) is 17.7. The Morgan fingerprint density at radius 1 is 0.909 bits per heavy atom. The van der Waals surface area contributed by atoms with Crippen LogP contribution in [0, 0.1) is 17.8 Å². The van der Waals surface area contributed by atoms with E-state index >= 15 is 0 Å². The fourth-order valence-corrected chi connectivity index (χ4v) is 7.73. The monoisotopic (exact) mass is 500 g/mol. The molecule has 4 bridgehead atoms. The minimum absolute atomic E-state index is 0.187. The van der Waals surface area contributed by atoms with Gasteiger partial charge in [0.15, 0.2) is 0 Å². The van der Waals surface area contributed by atoms with Gasteiger partial charge in [0.25, 0.3) is 0 Å². The molecule has 4 aliphatic carbocycles. The summed E-state index contributed by atoms with van der Waals surface area (Å²) in [5.41, 5.74) is 3.32. The summed E-state index contributed by atoms with van der Waals surface area (Å²) in [7, 11) is 0. The summed E-state index contributed by atoms with van der Waals surface area (Å²) in [5.74, 6) is 2.57. The molecule has 7 rings (SSSR count). The molecule has 0 aliphatic heterocycles. The number of hydrogen-bond donors (Lipinski definition) is 2. The average Bonchev–Trinajstić information content (AvgIpc) is 2.77. The number of β-amino-alcohol motifs (C(OH)–C–C–N with tert-alkyl or cyclic N) is 1. The van der Waals surface area contributed by atoms with Gasteiger partial charge in [0, 0.05) is 33.1 Å². The van der Waals surface area contributed by atoms with E-state index < -0.39 is 6.10 Å². The van der Waals surface area contributed by atoms with Crippen LogP contribution >= 0.6 is 34.8 Å². The number of nitrogens with zero attached hydrogens (tertiary/aromatic N) is 1. The van der Waals surface area contributed by atoms with E-state index in [0.29, 0.717) is 27.1 Å². The van der Waals surface area contributed by atoms with Crippen LogP contribution in [-0.2, 0) is 0 Å². The highest BCUT2D eigenvalue weighted by Gasteiger charge is 2.50. The fourth-order valence-electron chi connectivity index (χ4n) is 7.07. The lowest BCUT2D eigenvalue weighted by Gasteiger charge is -2.57. The summed E-state index contributed by atoms with van der Waals surface area (Å²) in [6, 6.07) is 13.1. The van der Waals surface area contributed by atoms with Crippen molar-refractivity contribution in [2.45, 2.75) is 50.2 Å². The zero-order chi connectivity index (χ0) is 22.7. The number of aliphatic hydroxyl groups excluding tert-OH is 1. The van der Waals surface area contributed by atoms with Gasteiger partial charge in [0.2, 0.25) is 0 Å². The van der Waals surface area contributed by atoms with Crippen LogP contribution in [0.1, 0.15) is 50.2 Å². The molecule has 33 heavy (non-hydrogen) atoms. The molecule has 4 saturated carbocycles. The maximum atomic E-state index is 11.4. The van der Waals surface area contributed by atoms with Crippen molar-refractivity contribution in [2.24, 2.45) is 17.8 Å². The summed E-state index contributed by atoms with van der Waals surface area (Å²) in [6.07, 6.45) is 7.26. The predicted octanol–water partition coefficient (Wildman–Crippen LogP) is 7.45. The van der Waals surface area contributed by atoms with Crippen molar-refractivity contribution in [3.63, 3.8) is 0 Å². The second-order valence-electron chi connectivity index (χ2n) is 10.5. The standard InChI is InChI=1S/C27H27Cl3N2O/c28-19-3-1-18(2-4-19)24-10-21(22-8-20(29)9-23(30)26(22)32-24)25(33)14-31-27-11-15-5-16(12-27)7-17(6-15)13-27/h1-4,8-10,15-17,25,31,33H,5-7,11-14H2. The number of nitrogens with one attached hydrogen (secondary N) is 1. The normalized spacial score (nSPS) is 29.0. The number of aromatic nitrogens is 1. The predicted molar refractivity (Wildman–Crippen MR) is 136 cm³/mol. The Kier molecular flexibility index (Phi) is 5.63. The molecule has 3 nitrogen and oxygen atoms in total. The van der Waals surface area contributed by atoms with Crippen LogP contribution in [0.15, 0.2) is 42.5 Å². The molecule has 1 unspecified atom stereocenters. The average molecular weight is 502 g/mol. The van der Waals surface area contributed by atoms with Gasteiger partial charge in [-0.15, -0.1) is 0 Å². The Morgan fingerprint density at radius 3 is 2.18 bits per heavy atom. The van der Waals surface area contributed by atoms with E-state index in [0.717, 1.165) is 40.0 Å². The van der Waals surface area contributed by atoms with Crippen LogP contribution in [0.5, 0.6) is 0 Å². The van der Waals surface area contributed by atoms with E-state index in [1.807, 2.05) is 36.4 Å². The van der Waals surface area contributed by atoms with E-state index in [9.17, 15) is 5.11 Å². The number of pyridine rings is 1. The number of rotatable bonds is 5. The minimum atomic E-state index is -0.691. The van der Waals surface area contributed by atoms with Crippen molar-refractivity contribution in [1.82, 2.24) is 10.3 Å². The van der Waals surface area contributed by atoms with E-state index in [1.165, 1.54) is 38.5 Å². The third-order valence-electron chi connectivity index (χ3n) is 8.07. The van der Waals surface area contributed by atoms with Gasteiger partial charge in [0.1, 0.15) is 0 Å². The molecule has 0 radical (unpaired) electrons. The van der Waals surface area contributed by atoms with Crippen LogP contribution in [0.2, 0.25) is 15.1 Å². The molecule has 2 aromatic carbocycles. The first-order valence-corrected chi connectivity index (χ1v) is 13.0. The lowest BCUT2D eigenvalue weighted by molar-refractivity contribution is -0.0247. The summed E-state index contributed by atoms with van der Waals surface area (Å²) in [6.45, 7) is 0.509. The van der Waals surface area contributed by atoms with Gasteiger partial charge in [-0.3, -0.25) is 0 Å². The summed E-state index contributed by atoms with van der Waals surface area (Å²) >= 11 is 19.0. The molecule has 1 atom stereocenters. The van der Waals surface area contributed by atoms with Gasteiger partial charge in [-0.2, -0.15) is 0 Å². The van der Waals surface area contributed by atoms with Gasteiger partial charge >= 0.3 is 0 Å². The first-order chi connectivity index (χ1) is 15.9. The van der Waals surface area contributed by atoms with Gasteiger partial charge in [-0.05, 0) is 92.2 Å². The fraction of sp³-hybridized carbons (Fsp3) is 0.444. The number of halogens is 3. The van der Waals surface area contributed by atoms with Crippen LogP contribution in [-0.4, -0.2) is 22.2 Å². The molecule has 172 valence electrons. The van der Waals surface area contributed by atoms with Crippen molar-refractivity contribution in [3.05, 3.63) is 63.1 Å². The van der Waals surface area contributed by atoms with Gasteiger partial charge < -0.3 is 10.4 Å². The Hall–Kier alpha value is -1.36. The molecule has 0 amide bonds. The number of hydrogen-bond acceptors (Lipinski definition) is 3. The molecule has 4 aliphatic rings. The maximum Gasteiger partial charge on any atom is 0.0921 e. The first-order valence-electron chi connectivity index (χ1n) is 11.9. The molecule has 3 aromatic rings. The smallest absolute Gasteiger partial charge is 0.0921 e. The molecule has 4 fully saturated rings. The Labute approximate surface area is 209 Å². The molecular formula is C27H27Cl3N2O. The number of fused-ring (bicyclic) bond motifs is 1. The minimum Gasteiger partial charge on any atom is -0.387 e. The van der Waals surface area contributed by atoms with Crippen LogP contribution < -0.4 is 5.32 Å². The highest BCUT2D eigenvalue weighted by Crippen LogP contribution is 2.55. The van der Waals surface area contributed by atoms with Crippen molar-refractivity contribution >= 4 is 45.7 Å². The largest absolute Gasteiger partial charge is 0.387 e. The van der Waals surface area contributed by atoms with Crippen molar-refractivity contribution in [2.75, 3.05) is 6.54 Å². The lowest BCUT2D eigenvalue weighted by Crippen LogP contribution is -2.59. The third-order valence-corrected chi connectivity index (χ3v) is 8.83. The first kappa shape index (κ1) is 22.1. The SMILES string of the molecule is OC(CNC12CC3CC(CC(C3)C1)C2)c1cc(-c2ccc(Cl)cc2)nc2c(Cl)cc(Cl)cc12. The second kappa shape index (κ2) is 8.39. The molecular weight excluding hydrogens is 475 g/mol. The van der Waals surface area contributed by atoms with Crippen molar-refractivity contribution in [1.29, 1.82) is 0 Å². The summed E-state index contributed by atoms with van der Waals surface area (Å²) in [4.78, 5) is 4.81. The maximum absolute atomic E-state index is 11.4.